The molecule has 3 aromatic carbocycles. The van der Waals surface area contributed by atoms with E-state index < -0.39 is 0 Å². The fourth-order valence-corrected chi connectivity index (χ4v) is 4.59. The zero-order valence-electron chi connectivity index (χ0n) is 20.3. The van der Waals surface area contributed by atoms with Crippen LogP contribution in [0.1, 0.15) is 15.9 Å². The Labute approximate surface area is 228 Å². The highest BCUT2D eigenvalue weighted by atomic mass is 127. The van der Waals surface area contributed by atoms with Crippen molar-refractivity contribution in [2.75, 3.05) is 31.2 Å². The third-order valence-corrected chi connectivity index (χ3v) is 6.68. The van der Waals surface area contributed by atoms with E-state index in [0.29, 0.717) is 38.4 Å². The van der Waals surface area contributed by atoms with Crippen molar-refractivity contribution >= 4 is 51.5 Å². The summed E-state index contributed by atoms with van der Waals surface area (Å²) in [6.45, 7) is 2.51. The molecule has 0 spiro atoms. The van der Waals surface area contributed by atoms with Gasteiger partial charge in [-0.25, -0.2) is 13.4 Å². The van der Waals surface area contributed by atoms with Crippen molar-refractivity contribution in [2.45, 2.75) is 6.54 Å². The maximum atomic E-state index is 13.6. The highest BCUT2D eigenvalue weighted by molar-refractivity contribution is 14.1. The van der Waals surface area contributed by atoms with Crippen molar-refractivity contribution < 1.29 is 17.5 Å². The Kier molecular flexibility index (Phi) is 7.68. The predicted octanol–water partition coefficient (Wildman–Crippen LogP) is 4.71. The molecule has 0 atom stereocenters. The molecule has 1 N–H and O–H groups in total. The number of fused-ring (bicyclic) bond motifs is 1. The number of benzene rings is 3. The zero-order chi connectivity index (χ0) is 25.8. The molecule has 1 aliphatic heterocycles. The molecule has 0 radical (unpaired) electrons. The van der Waals surface area contributed by atoms with E-state index in [2.05, 4.69) is 31.9 Å². The molecule has 5 rings (SSSR count). The molecule has 3 amide bonds. The molecule has 1 fully saturated rings. The van der Waals surface area contributed by atoms with Crippen LogP contribution in [-0.4, -0.2) is 52.9 Å². The Morgan fingerprint density at radius 2 is 1.73 bits per heavy atom. The van der Waals surface area contributed by atoms with Crippen molar-refractivity contribution in [1.29, 1.82) is 0 Å². The molecule has 0 saturated carbocycles. The first-order chi connectivity index (χ1) is 18.0. The Bertz CT molecular complexity index is 1400. The van der Waals surface area contributed by atoms with Crippen LogP contribution in [0.15, 0.2) is 72.9 Å². The summed E-state index contributed by atoms with van der Waals surface area (Å²) in [6, 6.07) is 21.3. The number of urea groups is 1. The third kappa shape index (κ3) is 5.60. The molecule has 10 heteroatoms. The molecule has 37 heavy (non-hydrogen) atoms. The van der Waals surface area contributed by atoms with E-state index in [1.165, 1.54) is 0 Å². The van der Waals surface area contributed by atoms with Crippen molar-refractivity contribution in [1.82, 2.24) is 20.2 Å². The van der Waals surface area contributed by atoms with Gasteiger partial charge in [0.2, 0.25) is 0 Å². The normalized spacial score (nSPS) is 13.5. The first-order valence-electron chi connectivity index (χ1n) is 11.9. The van der Waals surface area contributed by atoms with Gasteiger partial charge < -0.3 is 9.64 Å². The molecule has 0 aliphatic carbocycles. The lowest BCUT2D eigenvalue weighted by molar-refractivity contribution is 0.0548. The number of ether oxygens (including phenoxy) is 1. The Morgan fingerprint density at radius 3 is 2.43 bits per heavy atom. The summed E-state index contributed by atoms with van der Waals surface area (Å²) < 4.78 is 12.0. The van der Waals surface area contributed by atoms with Crippen LogP contribution in [0.5, 0.6) is 0 Å². The van der Waals surface area contributed by atoms with E-state index in [9.17, 15) is 9.59 Å². The summed E-state index contributed by atoms with van der Waals surface area (Å²) in [4.78, 5) is 29.2. The van der Waals surface area contributed by atoms with Crippen LogP contribution in [0.25, 0.3) is 22.0 Å². The first kappa shape index (κ1) is 25.2. The summed E-state index contributed by atoms with van der Waals surface area (Å²) in [5.74, 6) is -0.331. The van der Waals surface area contributed by atoms with E-state index in [1.54, 1.807) is 40.0 Å². The molecule has 1 saturated heterocycles. The number of aryl methyl sites for hydroxylation is 1. The molecular weight excluding hydrogens is 585 g/mol. The largest absolute Gasteiger partial charge is 0.378 e. The molecule has 0 bridgehead atoms. The van der Waals surface area contributed by atoms with Crippen LogP contribution in [0.2, 0.25) is 0 Å². The number of hydroxylamine groups is 1. The van der Waals surface area contributed by atoms with Crippen LogP contribution in [0.4, 0.5) is 10.5 Å². The number of hydrogen-bond donors (Lipinski definition) is 1. The minimum Gasteiger partial charge on any atom is -0.378 e. The van der Waals surface area contributed by atoms with E-state index in [1.807, 2.05) is 59.2 Å². The minimum atomic E-state index is -0.331. The average Bonchev–Trinajstić information content (AvgIpc) is 3.32. The molecule has 4 aromatic rings. The highest BCUT2D eigenvalue weighted by Gasteiger charge is 2.24. The van der Waals surface area contributed by atoms with Crippen molar-refractivity contribution in [3.63, 3.8) is 0 Å². The van der Waals surface area contributed by atoms with Crippen LogP contribution in [0, 0.1) is 0 Å². The van der Waals surface area contributed by atoms with Gasteiger partial charge in [-0.05, 0) is 47.0 Å². The van der Waals surface area contributed by atoms with Gasteiger partial charge in [0, 0.05) is 36.8 Å². The summed E-state index contributed by atoms with van der Waals surface area (Å²) in [5.41, 5.74) is 7.67. The second-order valence-electron chi connectivity index (χ2n) is 8.76. The van der Waals surface area contributed by atoms with Crippen molar-refractivity contribution in [2.24, 2.45) is 7.05 Å². The Balaban J connectivity index is 1.41. The lowest BCUT2D eigenvalue weighted by Crippen LogP contribution is -2.48. The number of aromatic nitrogens is 2. The number of nitrogens with one attached hydrogen (secondary N) is 1. The van der Waals surface area contributed by atoms with Gasteiger partial charge in [-0.2, -0.15) is 5.10 Å². The molecule has 190 valence electrons. The van der Waals surface area contributed by atoms with Gasteiger partial charge in [0.1, 0.15) is 23.0 Å². The fraction of sp³-hybridized carbons (Fsp3) is 0.222. The van der Waals surface area contributed by atoms with Gasteiger partial charge in [-0.15, -0.1) is 0 Å². The molecule has 1 aliphatic rings. The van der Waals surface area contributed by atoms with Crippen molar-refractivity contribution in [3.8, 4) is 11.1 Å². The van der Waals surface area contributed by atoms with E-state index in [0.717, 1.165) is 33.3 Å². The summed E-state index contributed by atoms with van der Waals surface area (Å²) in [6.07, 6.45) is 1.85. The fourth-order valence-electron chi connectivity index (χ4n) is 4.39. The monoisotopic (exact) mass is 611 g/mol. The van der Waals surface area contributed by atoms with Gasteiger partial charge in [-0.1, -0.05) is 36.4 Å². The number of rotatable bonds is 6. The van der Waals surface area contributed by atoms with Gasteiger partial charge in [0.15, 0.2) is 0 Å². The molecular formula is C27H26IN5O4. The zero-order valence-corrected chi connectivity index (χ0v) is 22.4. The summed E-state index contributed by atoms with van der Waals surface area (Å²) >= 11 is 1.60. The number of carbonyl (C=O) groups excluding carboxylic acids is 2. The first-order valence-corrected chi connectivity index (χ1v) is 12.7. The Morgan fingerprint density at radius 1 is 1.03 bits per heavy atom. The van der Waals surface area contributed by atoms with Crippen LogP contribution in [0.3, 0.4) is 0 Å². The maximum absolute atomic E-state index is 13.6. The van der Waals surface area contributed by atoms with Crippen molar-refractivity contribution in [3.05, 3.63) is 84.1 Å². The standard InChI is InChI=1S/C27H26IN5O4/c1-31-25-16-22(6-7-23(25)17-29-31)20-8-10-24(11-9-20)33(27(35)32-12-14-36-15-13-32)18-19-2-4-21(5-3-19)26(34)30-37-28/h2-11,16-17H,12-15,18H2,1H3,(H,30,34). The van der Waals surface area contributed by atoms with Gasteiger partial charge in [0.25, 0.3) is 5.91 Å². The molecule has 9 nitrogen and oxygen atoms in total. The second-order valence-corrected chi connectivity index (χ2v) is 9.20. The Hall–Kier alpha value is -3.48. The quantitative estimate of drug-likeness (QED) is 0.252. The van der Waals surface area contributed by atoms with Crippen LogP contribution in [-0.2, 0) is 21.5 Å². The average molecular weight is 611 g/mol. The van der Waals surface area contributed by atoms with Crippen LogP contribution < -0.4 is 10.4 Å². The van der Waals surface area contributed by atoms with Gasteiger partial charge in [-0.3, -0.25) is 14.4 Å². The number of halogens is 1. The minimum absolute atomic E-state index is 0.0764. The molecule has 0 unspecified atom stereocenters. The number of carbonyl (C=O) groups is 2. The number of amides is 3. The lowest BCUT2D eigenvalue weighted by atomic mass is 10.0. The van der Waals surface area contributed by atoms with Gasteiger partial charge in [0.05, 0.1) is 31.5 Å². The van der Waals surface area contributed by atoms with Crippen LogP contribution >= 0.6 is 23.0 Å². The lowest BCUT2D eigenvalue weighted by Gasteiger charge is -2.33. The number of morpholine rings is 1. The molecule has 2 heterocycles. The predicted molar refractivity (Wildman–Crippen MR) is 149 cm³/mol. The van der Waals surface area contributed by atoms with E-state index in [-0.39, 0.29) is 11.9 Å². The van der Waals surface area contributed by atoms with E-state index >= 15 is 0 Å². The second kappa shape index (κ2) is 11.3. The molecule has 1 aromatic heterocycles. The third-order valence-electron chi connectivity index (χ3n) is 6.46. The highest BCUT2D eigenvalue weighted by Crippen LogP contribution is 2.28. The number of hydrogen-bond acceptors (Lipinski definition) is 5. The number of anilines is 1. The summed E-state index contributed by atoms with van der Waals surface area (Å²) in [7, 11) is 1.93. The SMILES string of the molecule is Cn1ncc2ccc(-c3ccc(N(Cc4ccc(C(=O)NOI)cc4)C(=O)N4CCOCC4)cc3)cc21. The van der Waals surface area contributed by atoms with E-state index in [4.69, 9.17) is 4.74 Å². The topological polar surface area (TPSA) is 88.9 Å². The summed E-state index contributed by atoms with van der Waals surface area (Å²) in [5, 5.41) is 5.42. The van der Waals surface area contributed by atoms with Gasteiger partial charge >= 0.3 is 6.03 Å². The number of nitrogens with zero attached hydrogens (tertiary/aromatic N) is 4. The smallest absolute Gasteiger partial charge is 0.324 e. The maximum Gasteiger partial charge on any atom is 0.324 e.